The first kappa shape index (κ1) is 16.1. The molecule has 21 heavy (non-hydrogen) atoms. The maximum atomic E-state index is 6.04. The van der Waals surface area contributed by atoms with Crippen LogP contribution in [0.4, 0.5) is 5.69 Å². The first-order chi connectivity index (χ1) is 10.1. The molecule has 114 valence electrons. The molecule has 0 aliphatic carbocycles. The van der Waals surface area contributed by atoms with E-state index >= 15 is 0 Å². The molecule has 0 fully saturated rings. The number of nitrogens with zero attached hydrogens (tertiary/aromatic N) is 3. The van der Waals surface area contributed by atoms with Gasteiger partial charge in [0.1, 0.15) is 0 Å². The SMILES string of the molecule is CCCN(C)CCCN(C)c1ccnc2cc(Cl)ccc12. The maximum absolute atomic E-state index is 6.04. The Morgan fingerprint density at radius 3 is 2.67 bits per heavy atom. The molecule has 1 heterocycles. The molecule has 1 aromatic heterocycles. The molecule has 0 saturated carbocycles. The van der Waals surface area contributed by atoms with E-state index < -0.39 is 0 Å². The highest BCUT2D eigenvalue weighted by Gasteiger charge is 2.07. The van der Waals surface area contributed by atoms with E-state index in [9.17, 15) is 0 Å². The summed E-state index contributed by atoms with van der Waals surface area (Å²) in [6.07, 6.45) is 4.22. The molecule has 0 amide bonds. The van der Waals surface area contributed by atoms with Gasteiger partial charge >= 0.3 is 0 Å². The standard InChI is InChI=1S/C17H24ClN3/c1-4-10-20(2)11-5-12-21(3)17-8-9-19-16-13-14(18)6-7-15(16)17/h6-9,13H,4-5,10-12H2,1-3H3. The van der Waals surface area contributed by atoms with Crippen molar-refractivity contribution in [1.29, 1.82) is 0 Å². The van der Waals surface area contributed by atoms with Gasteiger partial charge in [0.25, 0.3) is 0 Å². The molecule has 2 aromatic rings. The minimum Gasteiger partial charge on any atom is -0.374 e. The number of rotatable bonds is 7. The third-order valence-electron chi connectivity index (χ3n) is 3.73. The summed E-state index contributed by atoms with van der Waals surface area (Å²) in [7, 11) is 4.33. The van der Waals surface area contributed by atoms with E-state index in [1.807, 2.05) is 18.3 Å². The fourth-order valence-electron chi connectivity index (χ4n) is 2.63. The molecule has 0 aliphatic heterocycles. The molecule has 1 aromatic carbocycles. The summed E-state index contributed by atoms with van der Waals surface area (Å²) in [4.78, 5) is 9.09. The van der Waals surface area contributed by atoms with Gasteiger partial charge in [0, 0.05) is 35.9 Å². The van der Waals surface area contributed by atoms with Gasteiger partial charge in [0.05, 0.1) is 5.52 Å². The summed E-state index contributed by atoms with van der Waals surface area (Å²) in [5.41, 5.74) is 2.17. The normalized spacial score (nSPS) is 11.3. The second-order valence-electron chi connectivity index (χ2n) is 5.57. The van der Waals surface area contributed by atoms with Crippen LogP contribution in [0.5, 0.6) is 0 Å². The Labute approximate surface area is 132 Å². The van der Waals surface area contributed by atoms with Crippen LogP contribution in [0, 0.1) is 0 Å². The first-order valence-electron chi connectivity index (χ1n) is 7.55. The molecular formula is C17H24ClN3. The lowest BCUT2D eigenvalue weighted by molar-refractivity contribution is 0.331. The Morgan fingerprint density at radius 2 is 1.90 bits per heavy atom. The number of halogens is 1. The van der Waals surface area contributed by atoms with E-state index in [-0.39, 0.29) is 0 Å². The second kappa shape index (κ2) is 7.62. The lowest BCUT2D eigenvalue weighted by Crippen LogP contribution is -2.26. The Morgan fingerprint density at radius 1 is 1.10 bits per heavy atom. The number of hydrogen-bond donors (Lipinski definition) is 0. The van der Waals surface area contributed by atoms with Crippen molar-refractivity contribution in [2.45, 2.75) is 19.8 Å². The third kappa shape index (κ3) is 4.32. The number of aromatic nitrogens is 1. The van der Waals surface area contributed by atoms with Crippen molar-refractivity contribution in [2.75, 3.05) is 38.6 Å². The Kier molecular flexibility index (Phi) is 5.83. The van der Waals surface area contributed by atoms with Gasteiger partial charge in [-0.1, -0.05) is 18.5 Å². The Bertz CT molecular complexity index is 585. The number of anilines is 1. The molecule has 2 rings (SSSR count). The van der Waals surface area contributed by atoms with Gasteiger partial charge in [-0.05, 0) is 57.2 Å². The zero-order valence-corrected chi connectivity index (χ0v) is 13.9. The van der Waals surface area contributed by atoms with Crippen LogP contribution in [0.15, 0.2) is 30.5 Å². The van der Waals surface area contributed by atoms with E-state index in [0.717, 1.165) is 35.4 Å². The van der Waals surface area contributed by atoms with Gasteiger partial charge in [0.2, 0.25) is 0 Å². The molecule has 0 unspecified atom stereocenters. The van der Waals surface area contributed by atoms with Crippen molar-refractivity contribution in [2.24, 2.45) is 0 Å². The van der Waals surface area contributed by atoms with E-state index in [1.54, 1.807) is 0 Å². The number of pyridine rings is 1. The summed E-state index contributed by atoms with van der Waals surface area (Å²) in [5.74, 6) is 0. The van der Waals surface area contributed by atoms with Crippen LogP contribution >= 0.6 is 11.6 Å². The molecule has 0 spiro atoms. The van der Waals surface area contributed by atoms with E-state index in [2.05, 4.69) is 47.9 Å². The van der Waals surface area contributed by atoms with Crippen LogP contribution in [-0.2, 0) is 0 Å². The van der Waals surface area contributed by atoms with Gasteiger partial charge in [-0.2, -0.15) is 0 Å². The van der Waals surface area contributed by atoms with Gasteiger partial charge in [-0.15, -0.1) is 0 Å². The minimum atomic E-state index is 0.732. The number of hydrogen-bond acceptors (Lipinski definition) is 3. The zero-order chi connectivity index (χ0) is 15.2. The number of fused-ring (bicyclic) bond motifs is 1. The lowest BCUT2D eigenvalue weighted by Gasteiger charge is -2.23. The topological polar surface area (TPSA) is 19.4 Å². The molecule has 0 bridgehead atoms. The van der Waals surface area contributed by atoms with Crippen LogP contribution < -0.4 is 4.90 Å². The van der Waals surface area contributed by atoms with Crippen molar-refractivity contribution in [1.82, 2.24) is 9.88 Å². The zero-order valence-electron chi connectivity index (χ0n) is 13.1. The van der Waals surface area contributed by atoms with Crippen molar-refractivity contribution < 1.29 is 0 Å². The average molecular weight is 306 g/mol. The molecule has 0 aliphatic rings. The highest BCUT2D eigenvalue weighted by molar-refractivity contribution is 6.31. The maximum Gasteiger partial charge on any atom is 0.0737 e. The van der Waals surface area contributed by atoms with Crippen molar-refractivity contribution in [3.63, 3.8) is 0 Å². The van der Waals surface area contributed by atoms with Crippen molar-refractivity contribution >= 4 is 28.2 Å². The molecular weight excluding hydrogens is 282 g/mol. The summed E-state index contributed by atoms with van der Waals surface area (Å²) in [6, 6.07) is 7.98. The summed E-state index contributed by atoms with van der Waals surface area (Å²) >= 11 is 6.04. The molecule has 0 atom stereocenters. The third-order valence-corrected chi connectivity index (χ3v) is 3.97. The fourth-order valence-corrected chi connectivity index (χ4v) is 2.80. The second-order valence-corrected chi connectivity index (χ2v) is 6.01. The highest BCUT2D eigenvalue weighted by Crippen LogP contribution is 2.26. The van der Waals surface area contributed by atoms with Gasteiger partial charge < -0.3 is 9.80 Å². The number of benzene rings is 1. The van der Waals surface area contributed by atoms with Crippen molar-refractivity contribution in [3.8, 4) is 0 Å². The van der Waals surface area contributed by atoms with Crippen LogP contribution in [-0.4, -0.2) is 43.6 Å². The molecule has 0 N–H and O–H groups in total. The highest BCUT2D eigenvalue weighted by atomic mass is 35.5. The molecule has 0 radical (unpaired) electrons. The van der Waals surface area contributed by atoms with Crippen LogP contribution in [0.2, 0.25) is 5.02 Å². The fraction of sp³-hybridized carbons (Fsp3) is 0.471. The van der Waals surface area contributed by atoms with E-state index in [4.69, 9.17) is 11.6 Å². The quantitative estimate of drug-likeness (QED) is 0.769. The Hall–Kier alpha value is -1.32. The average Bonchev–Trinajstić information content (AvgIpc) is 2.46. The summed E-state index contributed by atoms with van der Waals surface area (Å²) in [5, 5.41) is 1.89. The van der Waals surface area contributed by atoms with Gasteiger partial charge in [-0.25, -0.2) is 0 Å². The molecule has 4 heteroatoms. The summed E-state index contributed by atoms with van der Waals surface area (Å²) < 4.78 is 0. The minimum absolute atomic E-state index is 0.732. The van der Waals surface area contributed by atoms with Crippen LogP contribution in [0.25, 0.3) is 10.9 Å². The smallest absolute Gasteiger partial charge is 0.0737 e. The molecule has 3 nitrogen and oxygen atoms in total. The van der Waals surface area contributed by atoms with Gasteiger partial charge in [-0.3, -0.25) is 4.98 Å². The van der Waals surface area contributed by atoms with Crippen molar-refractivity contribution in [3.05, 3.63) is 35.5 Å². The van der Waals surface area contributed by atoms with Gasteiger partial charge in [0.15, 0.2) is 0 Å². The summed E-state index contributed by atoms with van der Waals surface area (Å²) in [6.45, 7) is 5.56. The predicted octanol–water partition coefficient (Wildman–Crippen LogP) is 4.06. The monoisotopic (exact) mass is 305 g/mol. The van der Waals surface area contributed by atoms with Crippen LogP contribution in [0.1, 0.15) is 19.8 Å². The predicted molar refractivity (Wildman–Crippen MR) is 92.4 cm³/mol. The largest absolute Gasteiger partial charge is 0.374 e. The van der Waals surface area contributed by atoms with E-state index in [0.29, 0.717) is 0 Å². The van der Waals surface area contributed by atoms with Crippen LogP contribution in [0.3, 0.4) is 0 Å². The Balaban J connectivity index is 2.04. The molecule has 0 saturated heterocycles. The lowest BCUT2D eigenvalue weighted by atomic mass is 10.1. The first-order valence-corrected chi connectivity index (χ1v) is 7.93. The van der Waals surface area contributed by atoms with E-state index in [1.165, 1.54) is 18.7 Å².